The van der Waals surface area contributed by atoms with Crippen LogP contribution in [0.3, 0.4) is 0 Å². The molecule has 1 saturated carbocycles. The highest BCUT2D eigenvalue weighted by Crippen LogP contribution is 2.27. The average Bonchev–Trinajstić information content (AvgIpc) is 2.73. The van der Waals surface area contributed by atoms with E-state index in [0.717, 1.165) is 24.5 Å². The normalized spacial score (nSPS) is 21.0. The third kappa shape index (κ3) is 15.0. The minimum absolute atomic E-state index is 0.159. The molecule has 5 nitrogen and oxygen atoms in total. The van der Waals surface area contributed by atoms with Crippen LogP contribution >= 0.6 is 0 Å². The molecular formula is C24H45NO4. The molecule has 0 atom stereocenters. The number of allylic oxidation sites excluding steroid dienone is 4. The minimum atomic E-state index is -0.187. The van der Waals surface area contributed by atoms with Crippen molar-refractivity contribution in [3.8, 4) is 0 Å². The Morgan fingerprint density at radius 1 is 1.28 bits per heavy atom. The van der Waals surface area contributed by atoms with Crippen molar-refractivity contribution in [2.75, 3.05) is 27.4 Å². The molecule has 5 heteroatoms. The second kappa shape index (κ2) is 19.7. The Kier molecular flexibility index (Phi) is 20.1. The molecule has 1 aliphatic carbocycles. The van der Waals surface area contributed by atoms with Gasteiger partial charge in [0, 0.05) is 45.7 Å². The summed E-state index contributed by atoms with van der Waals surface area (Å²) in [5.74, 6) is 1.19. The number of aliphatic hydroxyl groups excluding tert-OH is 2. The van der Waals surface area contributed by atoms with Crippen molar-refractivity contribution in [3.63, 3.8) is 0 Å². The van der Waals surface area contributed by atoms with Crippen LogP contribution in [0.5, 0.6) is 0 Å². The number of hydrogen-bond acceptors (Lipinski definition) is 5. The molecule has 2 aliphatic rings. The maximum atomic E-state index is 11.0. The quantitative estimate of drug-likeness (QED) is 0.574. The molecule has 0 bridgehead atoms. The van der Waals surface area contributed by atoms with E-state index >= 15 is 0 Å². The summed E-state index contributed by atoms with van der Waals surface area (Å²) in [6.45, 7) is 13.2. The largest absolute Gasteiger partial charge is 0.503 e. The van der Waals surface area contributed by atoms with Crippen LogP contribution < -0.4 is 0 Å². The number of aliphatic hydroxyl groups is 2. The first-order chi connectivity index (χ1) is 13.9. The molecule has 170 valence electrons. The van der Waals surface area contributed by atoms with E-state index in [9.17, 15) is 9.90 Å². The summed E-state index contributed by atoms with van der Waals surface area (Å²) in [5, 5.41) is 18.1. The zero-order valence-corrected chi connectivity index (χ0v) is 19.6. The van der Waals surface area contributed by atoms with E-state index in [4.69, 9.17) is 5.11 Å². The lowest BCUT2D eigenvalue weighted by Crippen LogP contribution is -2.26. The van der Waals surface area contributed by atoms with E-state index in [0.29, 0.717) is 25.5 Å². The summed E-state index contributed by atoms with van der Waals surface area (Å²) < 4.78 is 4.25. The second-order valence-electron chi connectivity index (χ2n) is 7.27. The van der Waals surface area contributed by atoms with Gasteiger partial charge >= 0.3 is 0 Å². The van der Waals surface area contributed by atoms with Crippen LogP contribution in [0.4, 0.5) is 0 Å². The zero-order valence-electron chi connectivity index (χ0n) is 19.6. The van der Waals surface area contributed by atoms with Crippen molar-refractivity contribution >= 4 is 5.78 Å². The van der Waals surface area contributed by atoms with Crippen molar-refractivity contribution in [1.82, 2.24) is 4.90 Å². The molecule has 1 aliphatic heterocycles. The molecule has 0 spiro atoms. The number of methoxy groups -OCH3 is 1. The standard InChI is InChI=1S/C12H17NO2.C8H16O.C2H6O.C2H6/c1-3-4-5-6-10(2)13-8-7-11(14)12(15)9-13;1-7-2-4-8(6-9)5-3-7;1-3-2;1-2/h3-4,9,15H,2,5-8H2,1H3;7-9H,2-6H2,1H3;1-2H3;1-2H3/b4-3-;;;. The van der Waals surface area contributed by atoms with E-state index in [1.807, 2.05) is 31.7 Å². The molecule has 1 fully saturated rings. The molecule has 0 amide bonds. The SMILES string of the molecule is C=C(CC/C=C\C)N1C=C(O)C(=O)CC1.CC.CC1CCC(CO)CC1.COC. The fourth-order valence-corrected chi connectivity index (χ4v) is 2.96. The first-order valence-corrected chi connectivity index (χ1v) is 10.9. The summed E-state index contributed by atoms with van der Waals surface area (Å²) >= 11 is 0. The van der Waals surface area contributed by atoms with Gasteiger partial charge in [-0.25, -0.2) is 0 Å². The van der Waals surface area contributed by atoms with E-state index in [2.05, 4.69) is 24.3 Å². The van der Waals surface area contributed by atoms with Gasteiger partial charge < -0.3 is 19.8 Å². The fraction of sp³-hybridized carbons (Fsp3) is 0.708. The first-order valence-electron chi connectivity index (χ1n) is 10.9. The third-order valence-electron chi connectivity index (χ3n) is 4.78. The molecule has 0 aromatic rings. The predicted molar refractivity (Wildman–Crippen MR) is 123 cm³/mol. The Hall–Kier alpha value is -1.59. The van der Waals surface area contributed by atoms with Gasteiger partial charge in [-0.05, 0) is 44.4 Å². The smallest absolute Gasteiger partial charge is 0.200 e. The van der Waals surface area contributed by atoms with Gasteiger partial charge in [0.05, 0.1) is 0 Å². The lowest BCUT2D eigenvalue weighted by molar-refractivity contribution is -0.118. The summed E-state index contributed by atoms with van der Waals surface area (Å²) in [7, 11) is 3.25. The minimum Gasteiger partial charge on any atom is -0.503 e. The molecule has 0 unspecified atom stereocenters. The summed E-state index contributed by atoms with van der Waals surface area (Å²) in [6.07, 6.45) is 12.8. The number of hydrogen-bond donors (Lipinski definition) is 2. The molecule has 2 rings (SSSR count). The van der Waals surface area contributed by atoms with Gasteiger partial charge in [-0.3, -0.25) is 4.79 Å². The van der Waals surface area contributed by atoms with Crippen molar-refractivity contribution in [2.45, 2.75) is 72.6 Å². The second-order valence-corrected chi connectivity index (χ2v) is 7.27. The molecule has 0 radical (unpaired) electrons. The molecule has 2 N–H and O–H groups in total. The van der Waals surface area contributed by atoms with E-state index < -0.39 is 0 Å². The molecule has 0 aromatic heterocycles. The molecule has 0 aromatic carbocycles. The predicted octanol–water partition coefficient (Wildman–Crippen LogP) is 5.62. The lowest BCUT2D eigenvalue weighted by Gasteiger charge is -2.25. The molecular weight excluding hydrogens is 366 g/mol. The highest BCUT2D eigenvalue weighted by Gasteiger charge is 2.18. The fourth-order valence-electron chi connectivity index (χ4n) is 2.96. The number of nitrogens with zero attached hydrogens (tertiary/aromatic N) is 1. The summed E-state index contributed by atoms with van der Waals surface area (Å²) in [4.78, 5) is 12.9. The Balaban J connectivity index is 0. The Bertz CT molecular complexity index is 477. The van der Waals surface area contributed by atoms with E-state index in [1.54, 1.807) is 14.2 Å². The van der Waals surface area contributed by atoms with Crippen LogP contribution in [0, 0.1) is 11.8 Å². The maximum Gasteiger partial charge on any atom is 0.200 e. The monoisotopic (exact) mass is 411 g/mol. The van der Waals surface area contributed by atoms with Crippen LogP contribution in [0.2, 0.25) is 0 Å². The molecule has 1 heterocycles. The third-order valence-corrected chi connectivity index (χ3v) is 4.78. The topological polar surface area (TPSA) is 70.0 Å². The zero-order chi connectivity index (χ0) is 22.7. The van der Waals surface area contributed by atoms with Crippen molar-refractivity contribution in [2.24, 2.45) is 11.8 Å². The number of carbonyl (C=O) groups is 1. The molecule has 29 heavy (non-hydrogen) atoms. The number of rotatable bonds is 5. The molecule has 0 saturated heterocycles. The van der Waals surface area contributed by atoms with Crippen LogP contribution in [0.25, 0.3) is 0 Å². The van der Waals surface area contributed by atoms with Gasteiger partial charge in [0.1, 0.15) is 0 Å². The van der Waals surface area contributed by atoms with Gasteiger partial charge in [-0.15, -0.1) is 0 Å². The van der Waals surface area contributed by atoms with Gasteiger partial charge in [0.2, 0.25) is 0 Å². The van der Waals surface area contributed by atoms with Crippen LogP contribution in [0.1, 0.15) is 72.6 Å². The van der Waals surface area contributed by atoms with Gasteiger partial charge in [0.15, 0.2) is 11.5 Å². The number of ketones is 1. The van der Waals surface area contributed by atoms with Crippen LogP contribution in [-0.4, -0.2) is 48.3 Å². The Morgan fingerprint density at radius 3 is 2.28 bits per heavy atom. The highest BCUT2D eigenvalue weighted by molar-refractivity contribution is 5.93. The lowest BCUT2D eigenvalue weighted by atomic mass is 9.84. The van der Waals surface area contributed by atoms with Crippen LogP contribution in [0.15, 0.2) is 36.4 Å². The first kappa shape index (κ1) is 29.6. The number of ether oxygens (including phenoxy) is 1. The summed E-state index contributed by atoms with van der Waals surface area (Å²) in [5.41, 5.74) is 0.937. The summed E-state index contributed by atoms with van der Waals surface area (Å²) in [6, 6.07) is 0. The van der Waals surface area contributed by atoms with Crippen LogP contribution in [-0.2, 0) is 9.53 Å². The van der Waals surface area contributed by atoms with E-state index in [1.165, 1.54) is 31.9 Å². The Labute approximate surface area is 179 Å². The van der Waals surface area contributed by atoms with Crippen molar-refractivity contribution in [1.29, 1.82) is 0 Å². The number of Topliss-reactive ketones (excluding diaryl/α,β-unsaturated/α-hetero) is 1. The van der Waals surface area contributed by atoms with Crippen molar-refractivity contribution in [3.05, 3.63) is 36.4 Å². The van der Waals surface area contributed by atoms with E-state index in [-0.39, 0.29) is 11.5 Å². The van der Waals surface area contributed by atoms with Gasteiger partial charge in [0.25, 0.3) is 0 Å². The van der Waals surface area contributed by atoms with Gasteiger partial charge in [-0.1, -0.05) is 52.3 Å². The average molecular weight is 412 g/mol. The van der Waals surface area contributed by atoms with Crippen molar-refractivity contribution < 1.29 is 19.7 Å². The number of carbonyl (C=O) groups excluding carboxylic acids is 1. The maximum absolute atomic E-state index is 11.0. The Morgan fingerprint density at radius 2 is 1.83 bits per heavy atom. The highest BCUT2D eigenvalue weighted by atomic mass is 16.4. The van der Waals surface area contributed by atoms with Gasteiger partial charge in [-0.2, -0.15) is 0 Å².